The van der Waals surface area contributed by atoms with Crippen LogP contribution in [-0.4, -0.2) is 27.3 Å². The van der Waals surface area contributed by atoms with E-state index in [-0.39, 0.29) is 5.56 Å². The lowest BCUT2D eigenvalue weighted by atomic mass is 10.0. The molecule has 7 nitrogen and oxygen atoms in total. The summed E-state index contributed by atoms with van der Waals surface area (Å²) in [6.07, 6.45) is 3.26. The Morgan fingerprint density at radius 2 is 2.10 bits per heavy atom. The number of H-pyrrole nitrogens is 1. The van der Waals surface area contributed by atoms with E-state index in [1.54, 1.807) is 19.3 Å². The molecule has 2 rings (SSSR count). The fourth-order valence-electron chi connectivity index (χ4n) is 2.02. The minimum Gasteiger partial charge on any atom is -0.478 e. The number of urea groups is 1. The Morgan fingerprint density at radius 1 is 1.33 bits per heavy atom. The van der Waals surface area contributed by atoms with Crippen LogP contribution in [0.15, 0.2) is 24.5 Å². The van der Waals surface area contributed by atoms with Gasteiger partial charge in [-0.3, -0.25) is 5.10 Å². The van der Waals surface area contributed by atoms with E-state index in [1.807, 2.05) is 13.0 Å². The maximum atomic E-state index is 11.9. The average Bonchev–Trinajstić information content (AvgIpc) is 2.92. The van der Waals surface area contributed by atoms with Crippen LogP contribution >= 0.6 is 0 Å². The highest BCUT2D eigenvalue weighted by Gasteiger charge is 2.15. The van der Waals surface area contributed by atoms with Gasteiger partial charge in [-0.05, 0) is 31.0 Å². The maximum absolute atomic E-state index is 11.9. The van der Waals surface area contributed by atoms with Crippen molar-refractivity contribution in [2.75, 3.05) is 5.32 Å². The molecule has 1 heterocycles. The largest absolute Gasteiger partial charge is 0.478 e. The number of carbonyl (C=O) groups is 2. The molecule has 21 heavy (non-hydrogen) atoms. The first-order valence-corrected chi connectivity index (χ1v) is 6.34. The van der Waals surface area contributed by atoms with Gasteiger partial charge in [0.2, 0.25) is 0 Å². The van der Waals surface area contributed by atoms with Gasteiger partial charge in [-0.1, -0.05) is 6.07 Å². The molecule has 0 aliphatic heterocycles. The Bertz CT molecular complexity index is 665. The molecule has 2 amide bonds. The number of nitrogens with one attached hydrogen (secondary N) is 3. The zero-order valence-electron chi connectivity index (χ0n) is 11.7. The van der Waals surface area contributed by atoms with Crippen LogP contribution in [0.3, 0.4) is 0 Å². The van der Waals surface area contributed by atoms with E-state index in [9.17, 15) is 14.7 Å². The summed E-state index contributed by atoms with van der Waals surface area (Å²) < 4.78 is 0. The number of carboxylic acids is 1. The van der Waals surface area contributed by atoms with Crippen molar-refractivity contribution in [3.8, 4) is 0 Å². The van der Waals surface area contributed by atoms with Gasteiger partial charge >= 0.3 is 12.0 Å². The second-order valence-corrected chi connectivity index (χ2v) is 4.72. The van der Waals surface area contributed by atoms with E-state index in [4.69, 9.17) is 0 Å². The van der Waals surface area contributed by atoms with Crippen LogP contribution in [0.5, 0.6) is 0 Å². The molecular formula is C14H16N4O3. The van der Waals surface area contributed by atoms with Crippen LogP contribution in [0, 0.1) is 13.8 Å². The molecule has 2 aromatic rings. The number of aromatic nitrogens is 2. The summed E-state index contributed by atoms with van der Waals surface area (Å²) in [4.78, 5) is 23.1. The molecule has 7 heteroatoms. The van der Waals surface area contributed by atoms with E-state index in [1.165, 1.54) is 6.07 Å². The Morgan fingerprint density at radius 3 is 2.71 bits per heavy atom. The third-order valence-corrected chi connectivity index (χ3v) is 2.96. The lowest BCUT2D eigenvalue weighted by molar-refractivity contribution is 0.0698. The highest BCUT2D eigenvalue weighted by molar-refractivity contribution is 6.01. The van der Waals surface area contributed by atoms with E-state index >= 15 is 0 Å². The molecule has 1 aromatic heterocycles. The van der Waals surface area contributed by atoms with Crippen molar-refractivity contribution in [1.29, 1.82) is 0 Å². The number of rotatable bonds is 4. The molecule has 0 fully saturated rings. The van der Waals surface area contributed by atoms with Crippen molar-refractivity contribution in [2.24, 2.45) is 0 Å². The van der Waals surface area contributed by atoms with Crippen molar-refractivity contribution >= 4 is 17.7 Å². The number of hydrogen-bond donors (Lipinski definition) is 4. The van der Waals surface area contributed by atoms with Crippen molar-refractivity contribution in [2.45, 2.75) is 20.4 Å². The zero-order chi connectivity index (χ0) is 15.4. The Balaban J connectivity index is 2.11. The standard InChI is InChI=1S/C14H16N4O3/c1-8-3-9(2)12(11(4-8)13(19)20)18-14(21)15-5-10-6-16-17-7-10/h3-4,6-7H,5H2,1-2H3,(H,16,17)(H,19,20)(H2,15,18,21). The van der Waals surface area contributed by atoms with Crippen molar-refractivity contribution in [1.82, 2.24) is 15.5 Å². The summed E-state index contributed by atoms with van der Waals surface area (Å²) in [5.41, 5.74) is 2.73. The summed E-state index contributed by atoms with van der Waals surface area (Å²) in [5.74, 6) is -1.08. The van der Waals surface area contributed by atoms with Gasteiger partial charge in [-0.25, -0.2) is 9.59 Å². The molecule has 1 aromatic carbocycles. The van der Waals surface area contributed by atoms with Gasteiger partial charge in [-0.2, -0.15) is 5.10 Å². The summed E-state index contributed by atoms with van der Waals surface area (Å²) >= 11 is 0. The molecule has 0 unspecified atom stereocenters. The summed E-state index contributed by atoms with van der Waals surface area (Å²) in [6.45, 7) is 3.86. The van der Waals surface area contributed by atoms with Crippen molar-refractivity contribution in [3.63, 3.8) is 0 Å². The molecule has 0 radical (unpaired) electrons. The van der Waals surface area contributed by atoms with E-state index in [0.717, 1.165) is 11.1 Å². The van der Waals surface area contributed by atoms with Crippen molar-refractivity contribution < 1.29 is 14.7 Å². The topological polar surface area (TPSA) is 107 Å². The summed E-state index contributed by atoms with van der Waals surface area (Å²) in [6, 6.07) is 2.88. The maximum Gasteiger partial charge on any atom is 0.337 e. The number of nitrogens with zero attached hydrogens (tertiary/aromatic N) is 1. The lowest BCUT2D eigenvalue weighted by Gasteiger charge is -2.13. The number of aryl methyl sites for hydroxylation is 2. The van der Waals surface area contributed by atoms with Gasteiger partial charge in [0.15, 0.2) is 0 Å². The predicted molar refractivity (Wildman–Crippen MR) is 77.3 cm³/mol. The molecule has 0 bridgehead atoms. The normalized spacial score (nSPS) is 10.2. The second-order valence-electron chi connectivity index (χ2n) is 4.72. The molecule has 0 spiro atoms. The number of aromatic amines is 1. The van der Waals surface area contributed by atoms with E-state index < -0.39 is 12.0 Å². The number of hydrogen-bond acceptors (Lipinski definition) is 3. The fourth-order valence-corrected chi connectivity index (χ4v) is 2.02. The van der Waals surface area contributed by atoms with Crippen LogP contribution in [0.4, 0.5) is 10.5 Å². The molecule has 110 valence electrons. The Kier molecular flexibility index (Phi) is 4.22. The van der Waals surface area contributed by atoms with Crippen molar-refractivity contribution in [3.05, 3.63) is 46.8 Å². The minimum absolute atomic E-state index is 0.0750. The molecule has 4 N–H and O–H groups in total. The van der Waals surface area contributed by atoms with Gasteiger partial charge < -0.3 is 15.7 Å². The lowest BCUT2D eigenvalue weighted by Crippen LogP contribution is -2.29. The van der Waals surface area contributed by atoms with E-state index in [2.05, 4.69) is 20.8 Å². The van der Waals surface area contributed by atoms with E-state index in [0.29, 0.717) is 17.8 Å². The summed E-state index contributed by atoms with van der Waals surface area (Å²) in [5, 5.41) is 20.9. The summed E-state index contributed by atoms with van der Waals surface area (Å²) in [7, 11) is 0. The highest BCUT2D eigenvalue weighted by Crippen LogP contribution is 2.22. The first kappa shape index (κ1) is 14.6. The minimum atomic E-state index is -1.08. The van der Waals surface area contributed by atoms with Gasteiger partial charge in [0.25, 0.3) is 0 Å². The number of carboxylic acid groups (broad SMARTS) is 1. The average molecular weight is 288 g/mol. The van der Waals surface area contributed by atoms with Crippen LogP contribution in [0.25, 0.3) is 0 Å². The zero-order valence-corrected chi connectivity index (χ0v) is 11.7. The number of anilines is 1. The molecule has 0 saturated heterocycles. The molecule has 0 aliphatic rings. The Hall–Kier alpha value is -2.83. The van der Waals surface area contributed by atoms with Crippen LogP contribution in [-0.2, 0) is 6.54 Å². The van der Waals surface area contributed by atoms with Crippen LogP contribution in [0.2, 0.25) is 0 Å². The van der Waals surface area contributed by atoms with Crippen LogP contribution in [0.1, 0.15) is 27.0 Å². The first-order valence-electron chi connectivity index (χ1n) is 6.34. The third kappa shape index (κ3) is 3.59. The Labute approximate surface area is 121 Å². The van der Waals surface area contributed by atoms with Crippen LogP contribution < -0.4 is 10.6 Å². The third-order valence-electron chi connectivity index (χ3n) is 2.96. The fraction of sp³-hybridized carbons (Fsp3) is 0.214. The number of amides is 2. The predicted octanol–water partition coefficient (Wildman–Crippen LogP) is 2.05. The molecular weight excluding hydrogens is 272 g/mol. The first-order chi connectivity index (χ1) is 9.97. The molecule has 0 aliphatic carbocycles. The number of carbonyl (C=O) groups excluding carboxylic acids is 1. The molecule has 0 atom stereocenters. The highest BCUT2D eigenvalue weighted by atomic mass is 16.4. The van der Waals surface area contributed by atoms with Gasteiger partial charge in [-0.15, -0.1) is 0 Å². The monoisotopic (exact) mass is 288 g/mol. The van der Waals surface area contributed by atoms with Gasteiger partial charge in [0.1, 0.15) is 0 Å². The number of benzene rings is 1. The second kappa shape index (κ2) is 6.08. The number of aromatic carboxylic acids is 1. The smallest absolute Gasteiger partial charge is 0.337 e. The van der Waals surface area contributed by atoms with Gasteiger partial charge in [0.05, 0.1) is 17.4 Å². The van der Waals surface area contributed by atoms with Gasteiger partial charge in [0, 0.05) is 18.3 Å². The quantitative estimate of drug-likeness (QED) is 0.690. The molecule has 0 saturated carbocycles. The SMILES string of the molecule is Cc1cc(C)c(NC(=O)NCc2cn[nH]c2)c(C(=O)O)c1.